The second kappa shape index (κ2) is 9.21. The predicted octanol–water partition coefficient (Wildman–Crippen LogP) is 4.84. The van der Waals surface area contributed by atoms with Crippen LogP contribution in [0.2, 0.25) is 0 Å². The van der Waals surface area contributed by atoms with Crippen LogP contribution in [0.1, 0.15) is 38.8 Å². The molecule has 1 radical (unpaired) electrons. The zero-order valence-electron chi connectivity index (χ0n) is 20.8. The van der Waals surface area contributed by atoms with Crippen molar-refractivity contribution in [3.8, 4) is 0 Å². The fraction of sp³-hybridized carbons (Fsp3) is 0.222. The second-order valence-corrected chi connectivity index (χ2v) is 12.8. The second-order valence-electron chi connectivity index (χ2n) is 9.92. The van der Waals surface area contributed by atoms with E-state index < -0.39 is 31.1 Å². The van der Waals surface area contributed by atoms with E-state index in [0.717, 1.165) is 28.2 Å². The lowest BCUT2D eigenvalue weighted by Gasteiger charge is -2.20. The molecule has 0 fully saturated rings. The van der Waals surface area contributed by atoms with Gasteiger partial charge in [-0.05, 0) is 55.8 Å². The van der Waals surface area contributed by atoms with E-state index in [9.17, 15) is 25.9 Å². The molecule has 0 aliphatic carbocycles. The summed E-state index contributed by atoms with van der Waals surface area (Å²) in [6.07, 6.45) is 13.0. The van der Waals surface area contributed by atoms with Crippen LogP contribution in [0, 0.1) is 0 Å². The van der Waals surface area contributed by atoms with Gasteiger partial charge in [0, 0.05) is 34.5 Å². The Morgan fingerprint density at radius 2 is 1.32 bits per heavy atom. The van der Waals surface area contributed by atoms with Crippen molar-refractivity contribution >= 4 is 37.3 Å². The van der Waals surface area contributed by atoms with Crippen molar-refractivity contribution in [1.29, 1.82) is 0 Å². The van der Waals surface area contributed by atoms with Crippen LogP contribution in [0.25, 0.3) is 0 Å². The molecular weight excluding hydrogens is 512 g/mol. The molecule has 0 amide bonds. The fourth-order valence-electron chi connectivity index (χ4n) is 4.42. The lowest BCUT2D eigenvalue weighted by atomic mass is 9.81. The number of hydrogen-bond acceptors (Lipinski definition) is 6. The van der Waals surface area contributed by atoms with Crippen molar-refractivity contribution in [2.24, 2.45) is 0 Å². The largest absolute Gasteiger partial charge is 0.358 e. The van der Waals surface area contributed by atoms with E-state index in [-0.39, 0.29) is 9.79 Å². The Balaban J connectivity index is 1.44. The maximum Gasteiger partial charge on any atom is 0.294 e. The lowest BCUT2D eigenvalue weighted by Crippen LogP contribution is -2.25. The van der Waals surface area contributed by atoms with E-state index in [1.807, 2.05) is 70.2 Å². The zero-order valence-corrected chi connectivity index (χ0v) is 22.4. The molecule has 0 aromatic heterocycles. The number of benzene rings is 2. The van der Waals surface area contributed by atoms with Gasteiger partial charge in [-0.2, -0.15) is 16.8 Å². The van der Waals surface area contributed by atoms with Gasteiger partial charge in [0.2, 0.25) is 0 Å². The first kappa shape index (κ1) is 26.7. The van der Waals surface area contributed by atoms with Gasteiger partial charge in [-0.15, -0.1) is 0 Å². The molecule has 0 atom stereocenters. The summed E-state index contributed by atoms with van der Waals surface area (Å²) in [6, 6.07) is 8.89. The number of anilines is 1. The molecule has 10 heteroatoms. The van der Waals surface area contributed by atoms with Gasteiger partial charge in [0.05, 0.1) is 20.2 Å². The summed E-state index contributed by atoms with van der Waals surface area (Å²) in [6.45, 7) is 7.83. The summed E-state index contributed by atoms with van der Waals surface area (Å²) in [5.74, 6) is 0. The molecule has 4 rings (SSSR count). The topological polar surface area (TPSA) is 135 Å². The minimum absolute atomic E-state index is 0.135. The van der Waals surface area contributed by atoms with Gasteiger partial charge in [-0.1, -0.05) is 44.2 Å². The Kier molecular flexibility index (Phi) is 6.66. The van der Waals surface area contributed by atoms with Crippen LogP contribution < -0.4 is 10.3 Å². The molecule has 2 aromatic rings. The first-order chi connectivity index (χ1) is 17.1. The standard InChI is InChI=1S/C27H28N2O6S2/c1-26(2)20-16-18(36(30,31)32)12-14-22(20)28-24(26)10-8-6-5-7-9-11-25-27(3,4)21-17-19(37(33,34)35)13-15-23(21)29-25/h5-17,28H,1-4H3,(H,30,31,32)(H,33,34,35)/q+1. The number of fused-ring (bicyclic) bond motifs is 2. The van der Waals surface area contributed by atoms with Gasteiger partial charge in [0.15, 0.2) is 0 Å². The molecule has 3 N–H and O–H groups in total. The lowest BCUT2D eigenvalue weighted by molar-refractivity contribution is 0.480. The van der Waals surface area contributed by atoms with Crippen LogP contribution in [0.4, 0.5) is 11.4 Å². The molecule has 0 unspecified atom stereocenters. The van der Waals surface area contributed by atoms with Gasteiger partial charge in [0.25, 0.3) is 31.6 Å². The summed E-state index contributed by atoms with van der Waals surface area (Å²) in [5, 5.41) is 3.30. The van der Waals surface area contributed by atoms with E-state index in [2.05, 4.69) is 10.3 Å². The SMILES string of the molecule is CC1(C)C(C=CC=CC=CC=C2Nc3ccc(S(=O)(=O)O)cc3C2(C)C)=[N+]c2ccc(S(=O)(=O)O)cc21. The van der Waals surface area contributed by atoms with Crippen molar-refractivity contribution in [3.63, 3.8) is 0 Å². The third-order valence-electron chi connectivity index (χ3n) is 6.69. The monoisotopic (exact) mass is 540 g/mol. The third-order valence-corrected chi connectivity index (χ3v) is 8.39. The van der Waals surface area contributed by atoms with Crippen LogP contribution in [0.3, 0.4) is 0 Å². The van der Waals surface area contributed by atoms with E-state index in [0.29, 0.717) is 5.69 Å². The molecule has 2 heterocycles. The highest BCUT2D eigenvalue weighted by Crippen LogP contribution is 2.44. The van der Waals surface area contributed by atoms with Crippen LogP contribution >= 0.6 is 0 Å². The molecular formula is C27H28N2O6S2+. The summed E-state index contributed by atoms with van der Waals surface area (Å²) < 4.78 is 64.7. The third kappa shape index (κ3) is 5.24. The highest BCUT2D eigenvalue weighted by molar-refractivity contribution is 7.86. The molecule has 0 spiro atoms. The van der Waals surface area contributed by atoms with Crippen molar-refractivity contribution in [2.45, 2.75) is 48.3 Å². The molecule has 193 valence electrons. The van der Waals surface area contributed by atoms with Crippen molar-refractivity contribution < 1.29 is 25.9 Å². The van der Waals surface area contributed by atoms with Gasteiger partial charge >= 0.3 is 0 Å². The maximum atomic E-state index is 11.5. The average molecular weight is 541 g/mol. The van der Waals surface area contributed by atoms with E-state index in [1.165, 1.54) is 24.3 Å². The number of rotatable bonds is 6. The average Bonchev–Trinajstić information content (AvgIpc) is 3.20. The molecule has 2 aliphatic heterocycles. The Hall–Kier alpha value is -3.31. The number of nitrogens with zero attached hydrogens (tertiary/aromatic N) is 1. The summed E-state index contributed by atoms with van der Waals surface area (Å²) in [4.78, 5) is 4.31. The summed E-state index contributed by atoms with van der Waals surface area (Å²) in [7, 11) is -8.57. The Bertz CT molecular complexity index is 1640. The number of nitrogens with one attached hydrogen (secondary N) is 1. The molecule has 2 aliphatic rings. The summed E-state index contributed by atoms with van der Waals surface area (Å²) in [5.41, 5.74) is 3.64. The van der Waals surface area contributed by atoms with E-state index in [4.69, 9.17) is 0 Å². The van der Waals surface area contributed by atoms with Gasteiger partial charge < -0.3 is 5.32 Å². The molecule has 0 bridgehead atoms. The van der Waals surface area contributed by atoms with Crippen molar-refractivity contribution in [3.05, 3.63) is 95.8 Å². The quantitative estimate of drug-likeness (QED) is 0.353. The van der Waals surface area contributed by atoms with E-state index >= 15 is 0 Å². The first-order valence-corrected chi connectivity index (χ1v) is 14.3. The van der Waals surface area contributed by atoms with Crippen molar-refractivity contribution in [2.75, 3.05) is 5.32 Å². The number of hydrogen-bond donors (Lipinski definition) is 3. The molecule has 0 saturated carbocycles. The minimum Gasteiger partial charge on any atom is -0.358 e. The zero-order chi connectivity index (χ0) is 27.2. The first-order valence-electron chi connectivity index (χ1n) is 11.4. The Morgan fingerprint density at radius 3 is 1.97 bits per heavy atom. The van der Waals surface area contributed by atoms with Gasteiger partial charge in [-0.3, -0.25) is 9.11 Å². The van der Waals surface area contributed by atoms with Gasteiger partial charge in [0.1, 0.15) is 0 Å². The molecule has 2 aromatic carbocycles. The van der Waals surface area contributed by atoms with Crippen LogP contribution in [-0.2, 0) is 31.1 Å². The highest BCUT2D eigenvalue weighted by Gasteiger charge is 2.44. The molecule has 0 saturated heterocycles. The van der Waals surface area contributed by atoms with Crippen LogP contribution in [0.15, 0.2) is 94.4 Å². The van der Waals surface area contributed by atoms with E-state index in [1.54, 1.807) is 12.1 Å². The normalized spacial score (nSPS) is 19.5. The molecule has 8 nitrogen and oxygen atoms in total. The molecule has 37 heavy (non-hydrogen) atoms. The number of allylic oxidation sites excluding steroid dienone is 8. The smallest absolute Gasteiger partial charge is 0.294 e. The van der Waals surface area contributed by atoms with Gasteiger partial charge in [-0.25, -0.2) is 0 Å². The Morgan fingerprint density at radius 1 is 0.757 bits per heavy atom. The van der Waals surface area contributed by atoms with Crippen LogP contribution in [0.5, 0.6) is 0 Å². The fourth-order valence-corrected chi connectivity index (χ4v) is 5.44. The number of aliphatic imine (C=N–C) groups is 1. The maximum absolute atomic E-state index is 11.5. The Labute approximate surface area is 217 Å². The predicted molar refractivity (Wildman–Crippen MR) is 144 cm³/mol. The summed E-state index contributed by atoms with van der Waals surface area (Å²) >= 11 is 0. The van der Waals surface area contributed by atoms with Crippen molar-refractivity contribution in [1.82, 2.24) is 4.99 Å². The van der Waals surface area contributed by atoms with Crippen LogP contribution in [-0.4, -0.2) is 31.7 Å². The highest BCUT2D eigenvalue weighted by atomic mass is 32.2. The minimum atomic E-state index is -4.29.